The molecule has 0 radical (unpaired) electrons. The van der Waals surface area contributed by atoms with Crippen molar-refractivity contribution >= 4 is 27.7 Å². The molecule has 0 saturated carbocycles. The molecule has 36 heavy (non-hydrogen) atoms. The molecule has 0 saturated heterocycles. The standard InChI is InChI=1S/C26H42N2O7S/c1-7-34-22(29)14-13-20-11-9-12-21(17-20)26(5,24(31)28-27-6)16-10-15-25(3,4)19-36(32,33)18-23(30)35-8-2/h9,11-12,17,27H,7-8,10,13-16,18-19H2,1-6H3,(H,28,31). The summed E-state index contributed by atoms with van der Waals surface area (Å²) in [7, 11) is -2.01. The van der Waals surface area contributed by atoms with Crippen LogP contribution >= 0.6 is 0 Å². The van der Waals surface area contributed by atoms with Crippen molar-refractivity contribution in [2.75, 3.05) is 31.8 Å². The number of hydrogen-bond donors (Lipinski definition) is 2. The van der Waals surface area contributed by atoms with Crippen LogP contribution in [0.3, 0.4) is 0 Å². The van der Waals surface area contributed by atoms with E-state index in [0.29, 0.717) is 32.3 Å². The van der Waals surface area contributed by atoms with Crippen LogP contribution in [0.25, 0.3) is 0 Å². The van der Waals surface area contributed by atoms with E-state index in [2.05, 4.69) is 10.9 Å². The molecule has 0 aliphatic carbocycles. The van der Waals surface area contributed by atoms with Gasteiger partial charge in [-0.2, -0.15) is 0 Å². The van der Waals surface area contributed by atoms with Crippen LogP contribution < -0.4 is 10.9 Å². The summed E-state index contributed by atoms with van der Waals surface area (Å²) in [6, 6.07) is 7.60. The molecule has 0 fully saturated rings. The van der Waals surface area contributed by atoms with Gasteiger partial charge in [0, 0.05) is 13.5 Å². The Morgan fingerprint density at radius 1 is 0.972 bits per heavy atom. The third kappa shape index (κ3) is 10.7. The molecule has 9 nitrogen and oxygen atoms in total. The molecule has 0 heterocycles. The van der Waals surface area contributed by atoms with Gasteiger partial charge in [-0.25, -0.2) is 13.8 Å². The van der Waals surface area contributed by atoms with Crippen molar-refractivity contribution in [3.63, 3.8) is 0 Å². The van der Waals surface area contributed by atoms with Crippen LogP contribution in [-0.4, -0.2) is 58.0 Å². The lowest BCUT2D eigenvalue weighted by Crippen LogP contribution is -2.47. The number of hydrogen-bond acceptors (Lipinski definition) is 8. The Hall–Kier alpha value is -2.46. The van der Waals surface area contributed by atoms with Gasteiger partial charge in [-0.3, -0.25) is 19.8 Å². The molecule has 1 rings (SSSR count). The summed E-state index contributed by atoms with van der Waals surface area (Å²) in [6.07, 6.45) is 2.36. The number of sulfone groups is 1. The van der Waals surface area contributed by atoms with E-state index in [-0.39, 0.29) is 30.7 Å². The van der Waals surface area contributed by atoms with Crippen LogP contribution in [0, 0.1) is 5.41 Å². The zero-order chi connectivity index (χ0) is 27.4. The van der Waals surface area contributed by atoms with E-state index in [1.165, 1.54) is 0 Å². The molecule has 204 valence electrons. The van der Waals surface area contributed by atoms with Crippen LogP contribution in [0.4, 0.5) is 0 Å². The maximum absolute atomic E-state index is 13.1. The van der Waals surface area contributed by atoms with Crippen molar-refractivity contribution in [3.05, 3.63) is 35.4 Å². The lowest BCUT2D eigenvalue weighted by atomic mass is 9.75. The molecule has 1 unspecified atom stereocenters. The van der Waals surface area contributed by atoms with Gasteiger partial charge in [0.15, 0.2) is 9.84 Å². The third-order valence-electron chi connectivity index (χ3n) is 6.01. The number of aryl methyl sites for hydroxylation is 1. The highest BCUT2D eigenvalue weighted by Gasteiger charge is 2.36. The fourth-order valence-corrected chi connectivity index (χ4v) is 6.09. The van der Waals surface area contributed by atoms with Crippen LogP contribution in [0.2, 0.25) is 0 Å². The average molecular weight is 527 g/mol. The zero-order valence-electron chi connectivity index (χ0n) is 22.4. The highest BCUT2D eigenvalue weighted by Crippen LogP contribution is 2.34. The van der Waals surface area contributed by atoms with Gasteiger partial charge in [-0.05, 0) is 56.6 Å². The number of nitrogens with one attached hydrogen (secondary N) is 2. The molecule has 0 aliphatic heterocycles. The van der Waals surface area contributed by atoms with Crippen LogP contribution in [0.15, 0.2) is 24.3 Å². The molecule has 0 aromatic heterocycles. The second-order valence-corrected chi connectivity index (χ2v) is 12.0. The van der Waals surface area contributed by atoms with Gasteiger partial charge in [-0.1, -0.05) is 44.5 Å². The number of hydrazine groups is 1. The van der Waals surface area contributed by atoms with E-state index in [0.717, 1.165) is 11.1 Å². The van der Waals surface area contributed by atoms with Gasteiger partial charge in [0.2, 0.25) is 5.91 Å². The number of esters is 2. The monoisotopic (exact) mass is 526 g/mol. The van der Waals surface area contributed by atoms with E-state index in [9.17, 15) is 22.8 Å². The van der Waals surface area contributed by atoms with Gasteiger partial charge in [0.25, 0.3) is 0 Å². The molecule has 1 aromatic rings. The summed E-state index contributed by atoms with van der Waals surface area (Å²) < 4.78 is 34.8. The van der Waals surface area contributed by atoms with Gasteiger partial charge in [0.05, 0.1) is 24.4 Å². The SMILES string of the molecule is CCOC(=O)CCc1cccc(C(C)(CCCC(C)(C)CS(=O)(=O)CC(=O)OCC)C(=O)NNC)c1. The predicted octanol–water partition coefficient (Wildman–Crippen LogP) is 2.87. The summed E-state index contributed by atoms with van der Waals surface area (Å²) in [4.78, 5) is 36.5. The van der Waals surface area contributed by atoms with E-state index in [1.807, 2.05) is 45.0 Å². The molecule has 0 aliphatic rings. The Labute approximate surface area is 215 Å². The van der Waals surface area contributed by atoms with Crippen molar-refractivity contribution in [1.82, 2.24) is 10.9 Å². The number of carbonyl (C=O) groups excluding carboxylic acids is 3. The summed E-state index contributed by atoms with van der Waals surface area (Å²) in [5.74, 6) is -2.00. The fourth-order valence-electron chi connectivity index (χ4n) is 4.21. The molecule has 1 amide bonds. The highest BCUT2D eigenvalue weighted by atomic mass is 32.2. The maximum Gasteiger partial charge on any atom is 0.321 e. The van der Waals surface area contributed by atoms with Crippen molar-refractivity contribution < 1.29 is 32.3 Å². The average Bonchev–Trinajstić information content (AvgIpc) is 2.77. The Bertz CT molecular complexity index is 992. The minimum atomic E-state index is -3.63. The summed E-state index contributed by atoms with van der Waals surface area (Å²) in [5.41, 5.74) is 5.63. The van der Waals surface area contributed by atoms with Crippen molar-refractivity contribution in [2.24, 2.45) is 5.41 Å². The first-order chi connectivity index (χ1) is 16.8. The van der Waals surface area contributed by atoms with E-state index in [1.54, 1.807) is 20.9 Å². The Morgan fingerprint density at radius 2 is 1.61 bits per heavy atom. The lowest BCUT2D eigenvalue weighted by molar-refractivity contribution is -0.143. The molecule has 1 aromatic carbocycles. The molecule has 0 spiro atoms. The second-order valence-electron chi connectivity index (χ2n) is 9.90. The summed E-state index contributed by atoms with van der Waals surface area (Å²) in [6.45, 7) is 9.41. The molecular formula is C26H42N2O7S. The number of carbonyl (C=O) groups is 3. The van der Waals surface area contributed by atoms with Gasteiger partial charge in [0.1, 0.15) is 5.75 Å². The molecule has 0 bridgehead atoms. The highest BCUT2D eigenvalue weighted by molar-refractivity contribution is 7.92. The number of benzene rings is 1. The first-order valence-electron chi connectivity index (χ1n) is 12.4. The molecule has 1 atom stereocenters. The zero-order valence-corrected chi connectivity index (χ0v) is 23.3. The predicted molar refractivity (Wildman–Crippen MR) is 139 cm³/mol. The second kappa shape index (κ2) is 14.3. The number of ether oxygens (including phenoxy) is 2. The van der Waals surface area contributed by atoms with Crippen molar-refractivity contribution in [3.8, 4) is 0 Å². The van der Waals surface area contributed by atoms with Crippen molar-refractivity contribution in [2.45, 2.75) is 72.1 Å². The minimum absolute atomic E-state index is 0.134. The van der Waals surface area contributed by atoms with Gasteiger partial charge < -0.3 is 9.47 Å². The number of rotatable bonds is 16. The fraction of sp³-hybridized carbons (Fsp3) is 0.654. The van der Waals surface area contributed by atoms with Crippen LogP contribution in [0.1, 0.15) is 71.4 Å². The summed E-state index contributed by atoms with van der Waals surface area (Å²) in [5, 5.41) is 0. The van der Waals surface area contributed by atoms with Crippen LogP contribution in [0.5, 0.6) is 0 Å². The topological polar surface area (TPSA) is 128 Å². The molecular weight excluding hydrogens is 484 g/mol. The molecule has 10 heteroatoms. The summed E-state index contributed by atoms with van der Waals surface area (Å²) >= 11 is 0. The lowest BCUT2D eigenvalue weighted by Gasteiger charge is -2.31. The normalized spacial score (nSPS) is 13.5. The van der Waals surface area contributed by atoms with Gasteiger partial charge >= 0.3 is 11.9 Å². The Balaban J connectivity index is 2.97. The minimum Gasteiger partial charge on any atom is -0.466 e. The van der Waals surface area contributed by atoms with E-state index in [4.69, 9.17) is 9.47 Å². The molecule has 2 N–H and O–H groups in total. The Morgan fingerprint density at radius 3 is 2.22 bits per heavy atom. The third-order valence-corrected chi connectivity index (χ3v) is 7.91. The van der Waals surface area contributed by atoms with Crippen molar-refractivity contribution in [1.29, 1.82) is 0 Å². The van der Waals surface area contributed by atoms with E-state index >= 15 is 0 Å². The largest absolute Gasteiger partial charge is 0.466 e. The number of amides is 1. The Kier molecular flexibility index (Phi) is 12.6. The maximum atomic E-state index is 13.1. The van der Waals surface area contributed by atoms with Gasteiger partial charge in [-0.15, -0.1) is 0 Å². The van der Waals surface area contributed by atoms with E-state index < -0.39 is 32.4 Å². The quantitative estimate of drug-likeness (QED) is 0.249. The van der Waals surface area contributed by atoms with Crippen LogP contribution in [-0.2, 0) is 45.5 Å². The first kappa shape index (κ1) is 31.6. The first-order valence-corrected chi connectivity index (χ1v) is 14.2. The smallest absolute Gasteiger partial charge is 0.321 e.